The van der Waals surface area contributed by atoms with Gasteiger partial charge in [-0.25, -0.2) is 0 Å². The highest BCUT2D eigenvalue weighted by atomic mass is 14.4. The molecule has 0 radical (unpaired) electrons. The number of hydrogen-bond acceptors (Lipinski definition) is 0. The Labute approximate surface area is 270 Å². The molecule has 0 aromatic heterocycles. The molecule has 2 aromatic carbocycles. The molecule has 2 aromatic rings. The van der Waals surface area contributed by atoms with Gasteiger partial charge < -0.3 is 0 Å². The van der Waals surface area contributed by atoms with E-state index in [4.69, 9.17) is 0 Å². The van der Waals surface area contributed by atoms with Crippen molar-refractivity contribution in [1.82, 2.24) is 0 Å². The molecule has 0 saturated carbocycles. The third-order valence-corrected chi connectivity index (χ3v) is 9.17. The summed E-state index contributed by atoms with van der Waals surface area (Å²) in [5.41, 5.74) is 14.1. The molecule has 0 saturated heterocycles. The molecule has 0 nitrogen and oxygen atoms in total. The van der Waals surface area contributed by atoms with Gasteiger partial charge in [-0.2, -0.15) is 0 Å². The monoisotopic (exact) mass is 589 g/mol. The van der Waals surface area contributed by atoms with E-state index in [9.17, 15) is 0 Å². The second kappa shape index (κ2) is 11.4. The van der Waals surface area contributed by atoms with Crippen LogP contribution in [0.5, 0.6) is 0 Å². The van der Waals surface area contributed by atoms with Crippen LogP contribution in [0.3, 0.4) is 0 Å². The van der Waals surface area contributed by atoms with E-state index in [2.05, 4.69) is 171 Å². The van der Waals surface area contributed by atoms with Gasteiger partial charge >= 0.3 is 0 Å². The van der Waals surface area contributed by atoms with E-state index in [1.165, 1.54) is 16.7 Å². The lowest BCUT2D eigenvalue weighted by molar-refractivity contribution is 0.469. The van der Waals surface area contributed by atoms with Crippen LogP contribution in [0.4, 0.5) is 0 Å². The van der Waals surface area contributed by atoms with Gasteiger partial charge in [0.2, 0.25) is 0 Å². The largest absolute Gasteiger partial charge is 0.0645 e. The van der Waals surface area contributed by atoms with Crippen LogP contribution in [0.25, 0.3) is 0 Å². The smallest absolute Gasteiger partial charge is 0.00930 e. The van der Waals surface area contributed by atoms with Crippen LogP contribution in [-0.2, 0) is 37.9 Å². The Morgan fingerprint density at radius 1 is 0.372 bits per heavy atom. The lowest BCUT2D eigenvalue weighted by Gasteiger charge is -2.44. The molecule has 0 bridgehead atoms. The van der Waals surface area contributed by atoms with Crippen molar-refractivity contribution in [3.8, 4) is 0 Å². The third-order valence-electron chi connectivity index (χ3n) is 9.17. The number of benzene rings is 2. The highest BCUT2D eigenvalue weighted by Gasteiger charge is 2.40. The van der Waals surface area contributed by atoms with Gasteiger partial charge in [0.1, 0.15) is 0 Å². The molecule has 0 heterocycles. The van der Waals surface area contributed by atoms with Crippen LogP contribution in [0.15, 0.2) is 18.2 Å². The first-order valence-electron chi connectivity index (χ1n) is 17.2. The summed E-state index contributed by atoms with van der Waals surface area (Å²) in [6, 6.07) is 7.84. The highest BCUT2D eigenvalue weighted by molar-refractivity contribution is 5.60. The van der Waals surface area contributed by atoms with Crippen LogP contribution >= 0.6 is 0 Å². The molecular weight excluding hydrogens is 516 g/mol. The first-order valence-corrected chi connectivity index (χ1v) is 17.2. The zero-order chi connectivity index (χ0) is 34.1. The maximum atomic E-state index is 2.68. The standard InChI is InChI=1S/C43H72/c1-23-28(29-24-27(37(2,3)4)25-31(38(5,6)7)33(29)40(11,12)13)30-26-32(39(8,9)10)35(42(17,18)19)36(43(20,21)22)34(30)41(14,15)16/h24-26,28H,23H2,1-22H3. The number of hydrogen-bond donors (Lipinski definition) is 0. The molecule has 43 heavy (non-hydrogen) atoms. The molecule has 0 N–H and O–H groups in total. The summed E-state index contributed by atoms with van der Waals surface area (Å²) in [7, 11) is 0. The Bertz CT molecular complexity index is 1290. The van der Waals surface area contributed by atoms with Crippen molar-refractivity contribution < 1.29 is 0 Å². The molecule has 0 fully saturated rings. The summed E-state index contributed by atoms with van der Waals surface area (Å²) < 4.78 is 0. The Hall–Kier alpha value is -1.56. The molecule has 0 amide bonds. The normalized spacial score (nSPS) is 15.2. The molecule has 0 heteroatoms. The topological polar surface area (TPSA) is 0 Å². The van der Waals surface area contributed by atoms with Crippen molar-refractivity contribution in [1.29, 1.82) is 0 Å². The average Bonchev–Trinajstić information content (AvgIpc) is 2.73. The molecule has 1 atom stereocenters. The molecule has 0 aliphatic carbocycles. The second-order valence-electron chi connectivity index (χ2n) is 20.8. The van der Waals surface area contributed by atoms with Crippen molar-refractivity contribution in [2.45, 2.75) is 203 Å². The van der Waals surface area contributed by atoms with Crippen molar-refractivity contribution >= 4 is 0 Å². The minimum absolute atomic E-state index is 0.00181. The molecule has 0 aliphatic rings. The van der Waals surface area contributed by atoms with Crippen LogP contribution in [-0.4, -0.2) is 0 Å². The van der Waals surface area contributed by atoms with Crippen molar-refractivity contribution in [2.75, 3.05) is 0 Å². The predicted molar refractivity (Wildman–Crippen MR) is 196 cm³/mol. The van der Waals surface area contributed by atoms with E-state index < -0.39 is 0 Å². The lowest BCUT2D eigenvalue weighted by Crippen LogP contribution is -2.34. The fraction of sp³-hybridized carbons (Fsp3) is 0.721. The quantitative estimate of drug-likeness (QED) is 0.334. The van der Waals surface area contributed by atoms with Crippen LogP contribution < -0.4 is 0 Å². The zero-order valence-electron chi connectivity index (χ0n) is 33.0. The van der Waals surface area contributed by atoms with E-state index in [-0.39, 0.29) is 37.9 Å². The summed E-state index contributed by atoms with van der Waals surface area (Å²) in [5, 5.41) is 0. The van der Waals surface area contributed by atoms with Gasteiger partial charge in [-0.3, -0.25) is 0 Å². The van der Waals surface area contributed by atoms with Gasteiger partial charge in [0.25, 0.3) is 0 Å². The molecule has 244 valence electrons. The summed E-state index contributed by atoms with van der Waals surface area (Å²) >= 11 is 0. The van der Waals surface area contributed by atoms with Gasteiger partial charge in [-0.1, -0.05) is 171 Å². The molecule has 0 aliphatic heterocycles. The van der Waals surface area contributed by atoms with E-state index in [1.54, 1.807) is 33.4 Å². The van der Waals surface area contributed by atoms with Gasteiger partial charge in [0, 0.05) is 5.92 Å². The molecule has 2 rings (SSSR count). The van der Waals surface area contributed by atoms with E-state index in [1.807, 2.05) is 0 Å². The van der Waals surface area contributed by atoms with Gasteiger partial charge in [-0.05, 0) is 94.4 Å². The van der Waals surface area contributed by atoms with E-state index >= 15 is 0 Å². The van der Waals surface area contributed by atoms with Gasteiger partial charge in [0.15, 0.2) is 0 Å². The first-order chi connectivity index (χ1) is 18.8. The Morgan fingerprint density at radius 2 is 0.721 bits per heavy atom. The summed E-state index contributed by atoms with van der Waals surface area (Å²) in [6.07, 6.45) is 1.07. The Morgan fingerprint density at radius 3 is 1.02 bits per heavy atom. The molecule has 1 unspecified atom stereocenters. The minimum Gasteiger partial charge on any atom is -0.0645 e. The van der Waals surface area contributed by atoms with Crippen LogP contribution in [0.2, 0.25) is 0 Å². The summed E-state index contributed by atoms with van der Waals surface area (Å²) in [4.78, 5) is 0. The fourth-order valence-corrected chi connectivity index (χ4v) is 7.32. The zero-order valence-corrected chi connectivity index (χ0v) is 33.0. The summed E-state index contributed by atoms with van der Waals surface area (Å²) in [5.74, 6) is 0.308. The first kappa shape index (κ1) is 37.6. The summed E-state index contributed by atoms with van der Waals surface area (Å²) in [6.45, 7) is 53.3. The maximum absolute atomic E-state index is 2.68. The average molecular weight is 589 g/mol. The van der Waals surface area contributed by atoms with Crippen molar-refractivity contribution in [2.24, 2.45) is 0 Å². The van der Waals surface area contributed by atoms with Gasteiger partial charge in [0.05, 0.1) is 0 Å². The predicted octanol–water partition coefficient (Wildman–Crippen LogP) is 13.3. The van der Waals surface area contributed by atoms with Crippen molar-refractivity contribution in [3.05, 3.63) is 68.3 Å². The number of rotatable bonds is 3. The Balaban J connectivity index is 3.47. The van der Waals surface area contributed by atoms with Crippen LogP contribution in [0.1, 0.15) is 215 Å². The van der Waals surface area contributed by atoms with E-state index in [0.29, 0.717) is 5.92 Å². The van der Waals surface area contributed by atoms with E-state index in [0.717, 1.165) is 6.42 Å². The van der Waals surface area contributed by atoms with Crippen LogP contribution in [0, 0.1) is 0 Å². The lowest BCUT2D eigenvalue weighted by atomic mass is 9.61. The molecule has 0 spiro atoms. The maximum Gasteiger partial charge on any atom is 0.00930 e. The SMILES string of the molecule is CCC(c1cc(C(C)(C)C)cc(C(C)(C)C)c1C(C)(C)C)c1cc(C(C)(C)C)c(C(C)(C)C)c(C(C)(C)C)c1C(C)(C)C. The van der Waals surface area contributed by atoms with Crippen molar-refractivity contribution in [3.63, 3.8) is 0 Å². The molecular formula is C43H72. The fourth-order valence-electron chi connectivity index (χ4n) is 7.32. The second-order valence-corrected chi connectivity index (χ2v) is 20.8. The third kappa shape index (κ3) is 8.00. The van der Waals surface area contributed by atoms with Gasteiger partial charge in [-0.15, -0.1) is 0 Å². The highest BCUT2D eigenvalue weighted by Crippen LogP contribution is 2.51. The Kier molecular flexibility index (Phi) is 9.93. The minimum atomic E-state index is -0.00181.